The van der Waals surface area contributed by atoms with Gasteiger partial charge < -0.3 is 10.6 Å². The molecule has 3 aromatic rings. The molecule has 4 rings (SSSR count). The minimum Gasteiger partial charge on any atom is -0.353 e. The number of carbonyl (C=O) groups is 2. The van der Waals surface area contributed by atoms with E-state index in [4.69, 9.17) is 0 Å². The van der Waals surface area contributed by atoms with Gasteiger partial charge in [0.1, 0.15) is 6.54 Å². The van der Waals surface area contributed by atoms with Crippen LogP contribution in [0.4, 0.5) is 18.9 Å². The zero-order valence-electron chi connectivity index (χ0n) is 20.7. The van der Waals surface area contributed by atoms with E-state index in [1.54, 1.807) is 18.2 Å². The van der Waals surface area contributed by atoms with Crippen LogP contribution >= 0.6 is 0 Å². The monoisotopic (exact) mass is 530 g/mol. The lowest BCUT2D eigenvalue weighted by Gasteiger charge is -2.15. The summed E-state index contributed by atoms with van der Waals surface area (Å²) in [5.41, 5.74) is -1.94. The molecule has 2 aromatic carbocycles. The molecule has 0 radical (unpaired) electrons. The van der Waals surface area contributed by atoms with Gasteiger partial charge >= 0.3 is 11.9 Å². The number of halogens is 3. The van der Waals surface area contributed by atoms with E-state index in [1.165, 1.54) is 18.2 Å². The number of unbranched alkanes of at least 4 members (excludes halogenated alkanes) is 1. The van der Waals surface area contributed by atoms with E-state index in [1.807, 2.05) is 0 Å². The normalized spacial score (nSPS) is 14.1. The number of rotatable bonds is 9. The predicted octanol–water partition coefficient (Wildman–Crippen LogP) is 4.05. The zero-order chi connectivity index (χ0) is 27.3. The van der Waals surface area contributed by atoms with Crippen LogP contribution in [0, 0.1) is 0 Å². The second-order valence-corrected chi connectivity index (χ2v) is 9.48. The van der Waals surface area contributed by atoms with Gasteiger partial charge in [0.05, 0.1) is 16.5 Å². The van der Waals surface area contributed by atoms with Gasteiger partial charge in [0.15, 0.2) is 0 Å². The third-order valence-corrected chi connectivity index (χ3v) is 6.66. The fourth-order valence-electron chi connectivity index (χ4n) is 4.76. The van der Waals surface area contributed by atoms with Crippen LogP contribution in [0.25, 0.3) is 10.9 Å². The summed E-state index contributed by atoms with van der Waals surface area (Å²) in [5.74, 6) is -0.767. The van der Waals surface area contributed by atoms with Crippen LogP contribution in [-0.2, 0) is 28.9 Å². The summed E-state index contributed by atoms with van der Waals surface area (Å²) in [6, 6.07) is 10.8. The predicted molar refractivity (Wildman–Crippen MR) is 137 cm³/mol. The molecule has 0 atom stereocenters. The maximum absolute atomic E-state index is 13.3. The first-order valence-electron chi connectivity index (χ1n) is 12.6. The Morgan fingerprint density at radius 3 is 2.39 bits per heavy atom. The second-order valence-electron chi connectivity index (χ2n) is 9.48. The van der Waals surface area contributed by atoms with Crippen molar-refractivity contribution >= 4 is 28.4 Å². The number of amides is 2. The Morgan fingerprint density at radius 2 is 1.66 bits per heavy atom. The number of anilines is 1. The van der Waals surface area contributed by atoms with Crippen molar-refractivity contribution in [3.8, 4) is 0 Å². The number of hydrogen-bond donors (Lipinski definition) is 2. The van der Waals surface area contributed by atoms with Crippen molar-refractivity contribution in [3.05, 3.63) is 74.9 Å². The quantitative estimate of drug-likeness (QED) is 0.408. The highest BCUT2D eigenvalue weighted by molar-refractivity contribution is 5.91. The lowest BCUT2D eigenvalue weighted by Crippen LogP contribution is -2.41. The molecule has 202 valence electrons. The molecule has 2 N–H and O–H groups in total. The molecule has 0 aliphatic heterocycles. The molecule has 1 heterocycles. The molecule has 0 spiro atoms. The number of alkyl halides is 3. The standard InChI is InChI=1S/C27H29F3N4O4/c28-27(29,30)18-8-7-11-20(16-18)32-24(36)17-34-22-13-4-3-12-21(22)25(37)33(26(34)38)15-6-5-14-23(35)31-19-9-1-2-10-19/h3-4,7-8,11-13,16,19H,1-2,5-6,9-10,14-15,17H2,(H,31,35)(H,32,36). The first-order chi connectivity index (χ1) is 18.1. The second kappa shape index (κ2) is 11.7. The smallest absolute Gasteiger partial charge is 0.353 e. The van der Waals surface area contributed by atoms with Gasteiger partial charge in [-0.2, -0.15) is 13.2 Å². The highest BCUT2D eigenvalue weighted by Gasteiger charge is 2.30. The number of nitrogens with zero attached hydrogens (tertiary/aromatic N) is 2. The summed E-state index contributed by atoms with van der Waals surface area (Å²) in [5, 5.41) is 5.63. The molecular weight excluding hydrogens is 501 g/mol. The van der Waals surface area contributed by atoms with Gasteiger partial charge in [-0.05, 0) is 56.0 Å². The summed E-state index contributed by atoms with van der Waals surface area (Å²) < 4.78 is 41.2. The Kier molecular flexibility index (Phi) is 8.33. The van der Waals surface area contributed by atoms with Crippen molar-refractivity contribution in [3.63, 3.8) is 0 Å². The van der Waals surface area contributed by atoms with Crippen molar-refractivity contribution in [2.45, 2.75) is 70.3 Å². The van der Waals surface area contributed by atoms with E-state index in [2.05, 4.69) is 10.6 Å². The third-order valence-electron chi connectivity index (χ3n) is 6.66. The average Bonchev–Trinajstić information content (AvgIpc) is 3.38. The van der Waals surface area contributed by atoms with Gasteiger partial charge in [0, 0.05) is 24.7 Å². The molecule has 1 aliphatic carbocycles. The lowest BCUT2D eigenvalue weighted by atomic mass is 10.2. The molecule has 1 fully saturated rings. The molecular formula is C27H29F3N4O4. The number of benzene rings is 2. The molecule has 1 aromatic heterocycles. The number of fused-ring (bicyclic) bond motifs is 1. The molecule has 0 bridgehead atoms. The van der Waals surface area contributed by atoms with Crippen LogP contribution in [0.15, 0.2) is 58.1 Å². The van der Waals surface area contributed by atoms with E-state index in [-0.39, 0.29) is 41.5 Å². The first-order valence-corrected chi connectivity index (χ1v) is 12.6. The average molecular weight is 531 g/mol. The Bertz CT molecular complexity index is 1440. The molecule has 8 nitrogen and oxygen atoms in total. The maximum atomic E-state index is 13.3. The van der Waals surface area contributed by atoms with Gasteiger partial charge in [-0.1, -0.05) is 31.0 Å². The maximum Gasteiger partial charge on any atom is 0.416 e. The summed E-state index contributed by atoms with van der Waals surface area (Å²) in [6.45, 7) is -0.436. The lowest BCUT2D eigenvalue weighted by molar-refractivity contribution is -0.137. The van der Waals surface area contributed by atoms with Crippen LogP contribution in [0.1, 0.15) is 50.5 Å². The molecule has 2 amide bonds. The minimum atomic E-state index is -4.57. The van der Waals surface area contributed by atoms with Gasteiger partial charge in [-0.15, -0.1) is 0 Å². The van der Waals surface area contributed by atoms with Crippen LogP contribution in [0.5, 0.6) is 0 Å². The van der Waals surface area contributed by atoms with Crippen LogP contribution < -0.4 is 21.9 Å². The molecule has 11 heteroatoms. The molecule has 1 aliphatic rings. The van der Waals surface area contributed by atoms with Gasteiger partial charge in [0.2, 0.25) is 11.8 Å². The summed E-state index contributed by atoms with van der Waals surface area (Å²) in [6.07, 6.45) is 0.792. The number of hydrogen-bond acceptors (Lipinski definition) is 4. The van der Waals surface area contributed by atoms with Gasteiger partial charge in [-0.3, -0.25) is 23.5 Å². The molecule has 0 saturated heterocycles. The number of carbonyl (C=O) groups excluding carboxylic acids is 2. The van der Waals surface area contributed by atoms with E-state index in [9.17, 15) is 32.3 Å². The van der Waals surface area contributed by atoms with E-state index in [0.29, 0.717) is 12.8 Å². The van der Waals surface area contributed by atoms with E-state index >= 15 is 0 Å². The van der Waals surface area contributed by atoms with Crippen molar-refractivity contribution in [1.82, 2.24) is 14.5 Å². The highest BCUT2D eigenvalue weighted by atomic mass is 19.4. The number of nitrogens with one attached hydrogen (secondary N) is 2. The first kappa shape index (κ1) is 27.2. The molecule has 0 unspecified atom stereocenters. The largest absolute Gasteiger partial charge is 0.416 e. The molecule has 1 saturated carbocycles. The van der Waals surface area contributed by atoms with Crippen LogP contribution in [0.3, 0.4) is 0 Å². The van der Waals surface area contributed by atoms with Crippen molar-refractivity contribution in [2.75, 3.05) is 5.32 Å². The fourth-order valence-corrected chi connectivity index (χ4v) is 4.76. The fraction of sp³-hybridized carbons (Fsp3) is 0.407. The Labute approximate surface area is 216 Å². The van der Waals surface area contributed by atoms with Gasteiger partial charge in [0.25, 0.3) is 5.56 Å². The third kappa shape index (κ3) is 6.51. The Hall–Kier alpha value is -3.89. The summed E-state index contributed by atoms with van der Waals surface area (Å²) in [4.78, 5) is 51.2. The SMILES string of the molecule is O=C(Cn1c(=O)n(CCCCC(=O)NC2CCCC2)c(=O)c2ccccc21)Nc1cccc(C(F)(F)F)c1. The molecule has 38 heavy (non-hydrogen) atoms. The van der Waals surface area contributed by atoms with Gasteiger partial charge in [-0.25, -0.2) is 4.79 Å². The van der Waals surface area contributed by atoms with Crippen molar-refractivity contribution < 1.29 is 22.8 Å². The van der Waals surface area contributed by atoms with Crippen molar-refractivity contribution in [1.29, 1.82) is 0 Å². The van der Waals surface area contributed by atoms with E-state index < -0.39 is 35.4 Å². The van der Waals surface area contributed by atoms with Crippen LogP contribution in [0.2, 0.25) is 0 Å². The Morgan fingerprint density at radius 1 is 0.921 bits per heavy atom. The summed E-state index contributed by atoms with van der Waals surface area (Å²) in [7, 11) is 0. The van der Waals surface area contributed by atoms with Crippen LogP contribution in [-0.4, -0.2) is 27.0 Å². The highest BCUT2D eigenvalue weighted by Crippen LogP contribution is 2.30. The Balaban J connectivity index is 1.48. The minimum absolute atomic E-state index is 0.0496. The number of para-hydroxylation sites is 1. The van der Waals surface area contributed by atoms with Crippen molar-refractivity contribution in [2.24, 2.45) is 0 Å². The van der Waals surface area contributed by atoms with E-state index in [0.717, 1.165) is 47.0 Å². The summed E-state index contributed by atoms with van der Waals surface area (Å²) >= 11 is 0. The number of aromatic nitrogens is 2. The zero-order valence-corrected chi connectivity index (χ0v) is 20.7. The topological polar surface area (TPSA) is 102 Å².